The van der Waals surface area contributed by atoms with Gasteiger partial charge >= 0.3 is 6.18 Å². The lowest BCUT2D eigenvalue weighted by Crippen LogP contribution is -2.15. The van der Waals surface area contributed by atoms with Gasteiger partial charge in [0.2, 0.25) is 0 Å². The maximum absolute atomic E-state index is 12.7. The Hall–Kier alpha value is -1.88. The fraction of sp³-hybridized carbons (Fsp3) is 0.263. The van der Waals surface area contributed by atoms with Gasteiger partial charge in [0.25, 0.3) is 0 Å². The lowest BCUT2D eigenvalue weighted by atomic mass is 9.82. The second-order valence-corrected chi connectivity index (χ2v) is 7.26. The highest BCUT2D eigenvalue weighted by Crippen LogP contribution is 2.36. The topological polar surface area (TPSA) is 12.9 Å². The SMILES string of the molecule is [CH2]CC(C)(C)c1ccc2c(-c3ccc(C(F)(F)F)cc3)nsc2c1. The Morgan fingerprint density at radius 2 is 1.62 bits per heavy atom. The van der Waals surface area contributed by atoms with Gasteiger partial charge in [-0.15, -0.1) is 0 Å². The first-order chi connectivity index (χ1) is 11.2. The first-order valence-corrected chi connectivity index (χ1v) is 8.36. The third-order valence-electron chi connectivity index (χ3n) is 4.36. The number of halogens is 3. The molecule has 0 saturated carbocycles. The van der Waals surface area contributed by atoms with Crippen molar-refractivity contribution in [3.8, 4) is 11.3 Å². The van der Waals surface area contributed by atoms with Crippen LogP contribution >= 0.6 is 11.5 Å². The molecule has 0 atom stereocenters. The molecule has 24 heavy (non-hydrogen) atoms. The number of hydrogen-bond acceptors (Lipinski definition) is 2. The smallest absolute Gasteiger partial charge is 0.191 e. The van der Waals surface area contributed by atoms with E-state index in [1.807, 2.05) is 6.07 Å². The van der Waals surface area contributed by atoms with E-state index < -0.39 is 11.7 Å². The Balaban J connectivity index is 2.02. The molecule has 125 valence electrons. The largest absolute Gasteiger partial charge is 0.416 e. The van der Waals surface area contributed by atoms with Crippen LogP contribution in [-0.2, 0) is 11.6 Å². The number of nitrogens with zero attached hydrogens (tertiary/aromatic N) is 1. The second-order valence-electron chi connectivity index (χ2n) is 6.45. The van der Waals surface area contributed by atoms with E-state index in [0.717, 1.165) is 34.3 Å². The summed E-state index contributed by atoms with van der Waals surface area (Å²) in [5.74, 6) is 0. The molecular formula is C19H17F3NS. The molecule has 0 N–H and O–H groups in total. The van der Waals surface area contributed by atoms with Gasteiger partial charge in [-0.2, -0.15) is 17.5 Å². The molecule has 1 radical (unpaired) electrons. The summed E-state index contributed by atoms with van der Waals surface area (Å²) >= 11 is 1.37. The zero-order chi connectivity index (χ0) is 17.5. The van der Waals surface area contributed by atoms with E-state index in [-0.39, 0.29) is 5.41 Å². The fourth-order valence-corrected chi connectivity index (χ4v) is 3.36. The Kier molecular flexibility index (Phi) is 4.16. The third-order valence-corrected chi connectivity index (χ3v) is 5.17. The van der Waals surface area contributed by atoms with Crippen LogP contribution in [0.5, 0.6) is 0 Å². The number of aromatic nitrogens is 1. The molecule has 5 heteroatoms. The molecule has 0 fully saturated rings. The summed E-state index contributed by atoms with van der Waals surface area (Å²) in [7, 11) is 0. The normalized spacial score (nSPS) is 12.8. The minimum atomic E-state index is -4.32. The molecule has 0 unspecified atom stereocenters. The molecule has 3 aromatic rings. The summed E-state index contributed by atoms with van der Waals surface area (Å²) in [4.78, 5) is 0. The van der Waals surface area contributed by atoms with E-state index in [0.29, 0.717) is 5.56 Å². The van der Waals surface area contributed by atoms with Gasteiger partial charge < -0.3 is 0 Å². The first kappa shape index (κ1) is 17.0. The quantitative estimate of drug-likeness (QED) is 0.527. The van der Waals surface area contributed by atoms with Gasteiger partial charge in [0.15, 0.2) is 0 Å². The third kappa shape index (κ3) is 3.05. The summed E-state index contributed by atoms with van der Waals surface area (Å²) in [5.41, 5.74) is 1.94. The van der Waals surface area contributed by atoms with E-state index in [1.165, 1.54) is 29.2 Å². The Bertz CT molecular complexity index is 860. The molecule has 0 aliphatic heterocycles. The van der Waals surface area contributed by atoms with Crippen LogP contribution in [0.2, 0.25) is 0 Å². The molecular weight excluding hydrogens is 331 g/mol. The molecule has 0 amide bonds. The zero-order valence-corrected chi connectivity index (χ0v) is 14.3. The van der Waals surface area contributed by atoms with E-state index in [2.05, 4.69) is 37.3 Å². The zero-order valence-electron chi connectivity index (χ0n) is 13.4. The Labute approximate surface area is 143 Å². The lowest BCUT2D eigenvalue weighted by molar-refractivity contribution is -0.137. The molecule has 1 heterocycles. The van der Waals surface area contributed by atoms with Crippen molar-refractivity contribution in [1.29, 1.82) is 0 Å². The van der Waals surface area contributed by atoms with Gasteiger partial charge in [-0.05, 0) is 47.1 Å². The first-order valence-electron chi connectivity index (χ1n) is 7.59. The van der Waals surface area contributed by atoms with Crippen molar-refractivity contribution >= 4 is 21.6 Å². The number of rotatable bonds is 3. The van der Waals surface area contributed by atoms with Gasteiger partial charge in [0.05, 0.1) is 16.0 Å². The second kappa shape index (κ2) is 5.88. The van der Waals surface area contributed by atoms with E-state index >= 15 is 0 Å². The molecule has 2 aromatic carbocycles. The van der Waals surface area contributed by atoms with Crippen molar-refractivity contribution in [2.75, 3.05) is 0 Å². The van der Waals surface area contributed by atoms with Crippen LogP contribution in [0.1, 0.15) is 31.4 Å². The Morgan fingerprint density at radius 1 is 1.00 bits per heavy atom. The van der Waals surface area contributed by atoms with Crippen molar-refractivity contribution < 1.29 is 13.2 Å². The van der Waals surface area contributed by atoms with Gasteiger partial charge in [0, 0.05) is 10.9 Å². The molecule has 0 spiro atoms. The predicted octanol–water partition coefficient (Wildman–Crippen LogP) is 6.48. The minimum Gasteiger partial charge on any atom is -0.191 e. The van der Waals surface area contributed by atoms with Gasteiger partial charge in [-0.25, -0.2) is 0 Å². The number of fused-ring (bicyclic) bond motifs is 1. The highest BCUT2D eigenvalue weighted by molar-refractivity contribution is 7.13. The summed E-state index contributed by atoms with van der Waals surface area (Å²) in [6, 6.07) is 11.3. The van der Waals surface area contributed by atoms with Crippen LogP contribution < -0.4 is 0 Å². The molecule has 0 aliphatic rings. The summed E-state index contributed by atoms with van der Waals surface area (Å²) in [6.07, 6.45) is -3.54. The van der Waals surface area contributed by atoms with Gasteiger partial charge in [-0.3, -0.25) is 0 Å². The highest BCUT2D eigenvalue weighted by Gasteiger charge is 2.30. The van der Waals surface area contributed by atoms with E-state index in [4.69, 9.17) is 0 Å². The molecule has 3 rings (SSSR count). The lowest BCUT2D eigenvalue weighted by Gasteiger charge is -2.23. The van der Waals surface area contributed by atoms with E-state index in [9.17, 15) is 13.2 Å². The van der Waals surface area contributed by atoms with Gasteiger partial charge in [-0.1, -0.05) is 45.0 Å². The van der Waals surface area contributed by atoms with Crippen LogP contribution in [0.25, 0.3) is 21.3 Å². The molecule has 1 aromatic heterocycles. The minimum absolute atomic E-state index is 0.0211. The highest BCUT2D eigenvalue weighted by atomic mass is 32.1. The summed E-state index contributed by atoms with van der Waals surface area (Å²) in [5, 5.41) is 0.961. The van der Waals surface area contributed by atoms with E-state index in [1.54, 1.807) is 0 Å². The monoisotopic (exact) mass is 348 g/mol. The van der Waals surface area contributed by atoms with Crippen LogP contribution in [0.3, 0.4) is 0 Å². The molecule has 0 aliphatic carbocycles. The average molecular weight is 348 g/mol. The molecule has 1 nitrogen and oxygen atoms in total. The van der Waals surface area contributed by atoms with Crippen molar-refractivity contribution in [2.45, 2.75) is 31.9 Å². The number of hydrogen-bond donors (Lipinski definition) is 0. The van der Waals surface area contributed by atoms with Crippen molar-refractivity contribution in [3.05, 3.63) is 60.5 Å². The maximum Gasteiger partial charge on any atom is 0.416 e. The van der Waals surface area contributed by atoms with Crippen molar-refractivity contribution in [1.82, 2.24) is 4.37 Å². The molecule has 0 saturated heterocycles. The standard InChI is InChI=1S/C19H17F3NS/c1-4-18(2,3)14-9-10-15-16(11-14)24-23-17(15)12-5-7-13(8-6-12)19(20,21)22/h5-11H,1,4H2,2-3H3. The van der Waals surface area contributed by atoms with Crippen molar-refractivity contribution in [3.63, 3.8) is 0 Å². The van der Waals surface area contributed by atoms with Crippen LogP contribution in [0, 0.1) is 6.92 Å². The number of alkyl halides is 3. The summed E-state index contributed by atoms with van der Waals surface area (Å²) in [6.45, 7) is 8.27. The van der Waals surface area contributed by atoms with Crippen molar-refractivity contribution in [2.24, 2.45) is 0 Å². The fourth-order valence-electron chi connectivity index (χ4n) is 2.53. The number of benzene rings is 2. The Morgan fingerprint density at radius 3 is 2.21 bits per heavy atom. The van der Waals surface area contributed by atoms with Crippen LogP contribution in [-0.4, -0.2) is 4.37 Å². The summed E-state index contributed by atoms with van der Waals surface area (Å²) < 4.78 is 43.5. The van der Waals surface area contributed by atoms with Gasteiger partial charge in [0.1, 0.15) is 0 Å². The predicted molar refractivity (Wildman–Crippen MR) is 93.1 cm³/mol. The van der Waals surface area contributed by atoms with Crippen LogP contribution in [0.4, 0.5) is 13.2 Å². The average Bonchev–Trinajstić information content (AvgIpc) is 2.97. The molecule has 0 bridgehead atoms. The van der Waals surface area contributed by atoms with Crippen LogP contribution in [0.15, 0.2) is 42.5 Å². The maximum atomic E-state index is 12.7.